The number of amides is 2. The summed E-state index contributed by atoms with van der Waals surface area (Å²) in [6.45, 7) is 8.46. The number of benzene rings is 1. The van der Waals surface area contributed by atoms with Gasteiger partial charge in [0.1, 0.15) is 11.4 Å². The number of nitrogens with zero attached hydrogens (tertiary/aromatic N) is 3. The third-order valence-electron chi connectivity index (χ3n) is 4.73. The van der Waals surface area contributed by atoms with E-state index in [-0.39, 0.29) is 23.0 Å². The maximum absolute atomic E-state index is 12.9. The summed E-state index contributed by atoms with van der Waals surface area (Å²) >= 11 is 0. The Hall–Kier alpha value is -3.09. The molecule has 0 spiro atoms. The van der Waals surface area contributed by atoms with E-state index in [2.05, 4.69) is 15.2 Å². The zero-order chi connectivity index (χ0) is 21.0. The van der Waals surface area contributed by atoms with Gasteiger partial charge >= 0.3 is 0 Å². The molecule has 0 unspecified atom stereocenters. The molecule has 29 heavy (non-hydrogen) atoms. The molecule has 0 aliphatic carbocycles. The van der Waals surface area contributed by atoms with Crippen LogP contribution in [0.2, 0.25) is 0 Å². The second kappa shape index (κ2) is 8.51. The molecule has 1 aliphatic heterocycles. The molecule has 7 heteroatoms. The number of carbonyl (C=O) groups is 2. The number of nitrogens with one attached hydrogen (secondary N) is 1. The van der Waals surface area contributed by atoms with Crippen LogP contribution < -0.4 is 15.0 Å². The molecule has 1 saturated heterocycles. The lowest BCUT2D eigenvalue weighted by Gasteiger charge is -2.36. The Bertz CT molecular complexity index is 866. The van der Waals surface area contributed by atoms with Crippen LogP contribution in [0.15, 0.2) is 42.6 Å². The van der Waals surface area contributed by atoms with Gasteiger partial charge < -0.3 is 19.9 Å². The first-order valence-corrected chi connectivity index (χ1v) is 9.74. The molecule has 1 aliphatic rings. The summed E-state index contributed by atoms with van der Waals surface area (Å²) in [5, 5.41) is 2.87. The molecule has 7 nitrogen and oxygen atoms in total. The van der Waals surface area contributed by atoms with Crippen LogP contribution >= 0.6 is 0 Å². The first kappa shape index (κ1) is 20.6. The normalized spacial score (nSPS) is 14.5. The molecule has 3 rings (SSSR count). The van der Waals surface area contributed by atoms with Crippen molar-refractivity contribution in [3.8, 4) is 5.75 Å². The smallest absolute Gasteiger partial charge is 0.270 e. The number of piperazine rings is 1. The van der Waals surface area contributed by atoms with Crippen molar-refractivity contribution < 1.29 is 14.3 Å². The number of pyridine rings is 1. The van der Waals surface area contributed by atoms with E-state index >= 15 is 0 Å². The molecule has 1 fully saturated rings. The van der Waals surface area contributed by atoms with Crippen molar-refractivity contribution in [3.63, 3.8) is 0 Å². The van der Waals surface area contributed by atoms with E-state index in [1.54, 1.807) is 19.2 Å². The molecule has 1 aromatic heterocycles. The van der Waals surface area contributed by atoms with Gasteiger partial charge in [0.05, 0.1) is 7.11 Å². The number of aromatic nitrogens is 1. The summed E-state index contributed by atoms with van der Waals surface area (Å²) in [5.74, 6) is 0.467. The number of hydrogen-bond acceptors (Lipinski definition) is 5. The largest absolute Gasteiger partial charge is 0.497 e. The third-order valence-corrected chi connectivity index (χ3v) is 4.73. The minimum absolute atomic E-state index is 0.0772. The van der Waals surface area contributed by atoms with Gasteiger partial charge in [0.2, 0.25) is 0 Å². The van der Waals surface area contributed by atoms with Crippen LogP contribution in [0.1, 0.15) is 41.6 Å². The van der Waals surface area contributed by atoms with Crippen LogP contribution in [0.3, 0.4) is 0 Å². The Kier molecular flexibility index (Phi) is 6.06. The van der Waals surface area contributed by atoms with E-state index in [0.29, 0.717) is 18.7 Å². The third kappa shape index (κ3) is 5.25. The Labute approximate surface area is 171 Å². The topological polar surface area (TPSA) is 74.8 Å². The fourth-order valence-electron chi connectivity index (χ4n) is 3.24. The van der Waals surface area contributed by atoms with Gasteiger partial charge in [-0.15, -0.1) is 0 Å². The van der Waals surface area contributed by atoms with Gasteiger partial charge in [-0.1, -0.05) is 0 Å². The van der Waals surface area contributed by atoms with Crippen molar-refractivity contribution >= 4 is 17.5 Å². The van der Waals surface area contributed by atoms with Gasteiger partial charge in [-0.2, -0.15) is 0 Å². The lowest BCUT2D eigenvalue weighted by molar-refractivity contribution is 0.0746. The first-order valence-electron chi connectivity index (χ1n) is 9.74. The van der Waals surface area contributed by atoms with E-state index in [1.807, 2.05) is 49.9 Å². The maximum Gasteiger partial charge on any atom is 0.270 e. The van der Waals surface area contributed by atoms with E-state index in [0.717, 1.165) is 24.5 Å². The highest BCUT2D eigenvalue weighted by atomic mass is 16.5. The highest BCUT2D eigenvalue weighted by Gasteiger charge is 2.24. The van der Waals surface area contributed by atoms with Crippen LogP contribution in [0, 0.1) is 0 Å². The SMILES string of the molecule is COc1ccc(N2CCN(C(=O)c3ccnc(C(=O)NC(C)(C)C)c3)CC2)cc1. The fraction of sp³-hybridized carbons (Fsp3) is 0.409. The zero-order valence-corrected chi connectivity index (χ0v) is 17.4. The summed E-state index contributed by atoms with van der Waals surface area (Å²) in [7, 11) is 1.65. The molecule has 2 heterocycles. The Balaban J connectivity index is 1.63. The van der Waals surface area contributed by atoms with Gasteiger partial charge in [-0.05, 0) is 57.2 Å². The molecule has 154 valence electrons. The van der Waals surface area contributed by atoms with Gasteiger partial charge in [0.25, 0.3) is 11.8 Å². The monoisotopic (exact) mass is 396 g/mol. The molecule has 2 amide bonds. The number of hydrogen-bond donors (Lipinski definition) is 1. The van der Waals surface area contributed by atoms with Gasteiger partial charge in [0.15, 0.2) is 0 Å². The lowest BCUT2D eigenvalue weighted by Crippen LogP contribution is -2.48. The van der Waals surface area contributed by atoms with E-state index in [1.165, 1.54) is 6.20 Å². The molecule has 2 aromatic rings. The van der Waals surface area contributed by atoms with Crippen LogP contribution in [0.4, 0.5) is 5.69 Å². The molecule has 1 N–H and O–H groups in total. The van der Waals surface area contributed by atoms with Crippen LogP contribution in [-0.2, 0) is 0 Å². The van der Waals surface area contributed by atoms with Crippen LogP contribution in [0.5, 0.6) is 5.75 Å². The minimum Gasteiger partial charge on any atom is -0.497 e. The van der Waals surface area contributed by atoms with Gasteiger partial charge in [-0.25, -0.2) is 0 Å². The fourth-order valence-corrected chi connectivity index (χ4v) is 3.24. The number of anilines is 1. The standard InChI is InChI=1S/C22H28N4O3/c1-22(2,3)24-20(27)19-15-16(9-10-23-19)21(28)26-13-11-25(12-14-26)17-5-7-18(29-4)8-6-17/h5-10,15H,11-14H2,1-4H3,(H,24,27). The average Bonchev–Trinajstić information content (AvgIpc) is 2.72. The van der Waals surface area contributed by atoms with Crippen molar-refractivity contribution in [2.24, 2.45) is 0 Å². The molecule has 0 radical (unpaired) electrons. The predicted molar refractivity (Wildman–Crippen MR) is 113 cm³/mol. The van der Waals surface area contributed by atoms with Crippen molar-refractivity contribution in [2.45, 2.75) is 26.3 Å². The number of ether oxygens (including phenoxy) is 1. The molecule has 1 aromatic carbocycles. The van der Waals surface area contributed by atoms with Crippen molar-refractivity contribution in [3.05, 3.63) is 53.9 Å². The van der Waals surface area contributed by atoms with E-state index < -0.39 is 0 Å². The highest BCUT2D eigenvalue weighted by Crippen LogP contribution is 2.21. The first-order chi connectivity index (χ1) is 13.8. The summed E-state index contributed by atoms with van der Waals surface area (Å²) in [6.07, 6.45) is 1.51. The van der Waals surface area contributed by atoms with E-state index in [4.69, 9.17) is 4.74 Å². The van der Waals surface area contributed by atoms with Crippen molar-refractivity contribution in [2.75, 3.05) is 38.2 Å². The number of carbonyl (C=O) groups excluding carboxylic acids is 2. The number of methoxy groups -OCH3 is 1. The molecule has 0 saturated carbocycles. The lowest BCUT2D eigenvalue weighted by atomic mass is 10.1. The van der Waals surface area contributed by atoms with Crippen LogP contribution in [0.25, 0.3) is 0 Å². The van der Waals surface area contributed by atoms with Crippen LogP contribution in [-0.4, -0.2) is 60.5 Å². The summed E-state index contributed by atoms with van der Waals surface area (Å²) in [4.78, 5) is 33.4. The number of rotatable bonds is 4. The summed E-state index contributed by atoms with van der Waals surface area (Å²) in [6, 6.07) is 11.2. The quantitative estimate of drug-likeness (QED) is 0.860. The predicted octanol–water partition coefficient (Wildman–Crippen LogP) is 2.58. The van der Waals surface area contributed by atoms with E-state index in [9.17, 15) is 9.59 Å². The second-order valence-corrected chi connectivity index (χ2v) is 8.11. The molecule has 0 bridgehead atoms. The molecular formula is C22H28N4O3. The zero-order valence-electron chi connectivity index (χ0n) is 17.4. The second-order valence-electron chi connectivity index (χ2n) is 8.11. The average molecular weight is 396 g/mol. The molecule has 0 atom stereocenters. The molecular weight excluding hydrogens is 368 g/mol. The maximum atomic E-state index is 12.9. The Morgan fingerprint density at radius 3 is 2.28 bits per heavy atom. The van der Waals surface area contributed by atoms with Gasteiger partial charge in [-0.3, -0.25) is 14.6 Å². The van der Waals surface area contributed by atoms with Crippen molar-refractivity contribution in [1.82, 2.24) is 15.2 Å². The highest BCUT2D eigenvalue weighted by molar-refractivity contribution is 5.98. The van der Waals surface area contributed by atoms with Crippen molar-refractivity contribution in [1.29, 1.82) is 0 Å². The summed E-state index contributed by atoms with van der Waals surface area (Å²) < 4.78 is 5.20. The Morgan fingerprint density at radius 2 is 1.69 bits per heavy atom. The summed E-state index contributed by atoms with van der Waals surface area (Å²) in [5.41, 5.74) is 1.49. The minimum atomic E-state index is -0.365. The Morgan fingerprint density at radius 1 is 1.03 bits per heavy atom. The van der Waals surface area contributed by atoms with Gasteiger partial charge in [0, 0.05) is 49.2 Å².